The first kappa shape index (κ1) is 10.7. The van der Waals surface area contributed by atoms with Crippen LogP contribution in [0.1, 0.15) is 46.0 Å². The molecule has 0 spiro atoms. The van der Waals surface area contributed by atoms with Crippen LogP contribution < -0.4 is 5.32 Å². The van der Waals surface area contributed by atoms with Crippen LogP contribution in [0.3, 0.4) is 0 Å². The van der Waals surface area contributed by atoms with E-state index in [1.54, 1.807) is 0 Å². The summed E-state index contributed by atoms with van der Waals surface area (Å²) in [4.78, 5) is 11.5. The molecule has 0 aromatic carbocycles. The molecule has 2 nitrogen and oxygen atoms in total. The normalized spacial score (nSPS) is 24.6. The number of Topliss-reactive ketones (excluding diaryl/α,β-unsaturated/α-hetero) is 1. The van der Waals surface area contributed by atoms with Gasteiger partial charge >= 0.3 is 0 Å². The van der Waals surface area contributed by atoms with E-state index in [4.69, 9.17) is 0 Å². The number of rotatable bonds is 5. The molecule has 2 atom stereocenters. The van der Waals surface area contributed by atoms with E-state index in [-0.39, 0.29) is 0 Å². The van der Waals surface area contributed by atoms with Gasteiger partial charge in [-0.05, 0) is 25.3 Å². The summed E-state index contributed by atoms with van der Waals surface area (Å²) in [5.74, 6) is 1.00. The Morgan fingerprint density at radius 3 is 2.92 bits per heavy atom. The molecular weight excluding hydrogens is 162 g/mol. The van der Waals surface area contributed by atoms with Crippen molar-refractivity contribution in [2.45, 2.75) is 52.0 Å². The Morgan fingerprint density at radius 2 is 2.38 bits per heavy atom. The molecule has 13 heavy (non-hydrogen) atoms. The topological polar surface area (TPSA) is 29.1 Å². The van der Waals surface area contributed by atoms with Crippen LogP contribution in [0.15, 0.2) is 0 Å². The fourth-order valence-electron chi connectivity index (χ4n) is 1.82. The average molecular weight is 183 g/mol. The summed E-state index contributed by atoms with van der Waals surface area (Å²) >= 11 is 0. The SMILES string of the molecule is CCC(C)CC(=O)CC1CCCN1. The van der Waals surface area contributed by atoms with Gasteiger partial charge in [-0.3, -0.25) is 4.79 Å². The van der Waals surface area contributed by atoms with E-state index < -0.39 is 0 Å². The van der Waals surface area contributed by atoms with Gasteiger partial charge in [-0.2, -0.15) is 0 Å². The quantitative estimate of drug-likeness (QED) is 0.707. The van der Waals surface area contributed by atoms with Gasteiger partial charge in [0.25, 0.3) is 0 Å². The molecule has 1 heterocycles. The van der Waals surface area contributed by atoms with Gasteiger partial charge in [0.1, 0.15) is 5.78 Å². The number of nitrogens with one attached hydrogen (secondary N) is 1. The summed E-state index contributed by atoms with van der Waals surface area (Å²) in [6, 6.07) is 0.483. The predicted molar refractivity (Wildman–Crippen MR) is 54.7 cm³/mol. The van der Waals surface area contributed by atoms with Crippen LogP contribution in [-0.2, 0) is 4.79 Å². The average Bonchev–Trinajstić information content (AvgIpc) is 2.56. The maximum absolute atomic E-state index is 11.5. The largest absolute Gasteiger partial charge is 0.314 e. The van der Waals surface area contributed by atoms with E-state index in [9.17, 15) is 4.79 Å². The van der Waals surface area contributed by atoms with Gasteiger partial charge in [-0.15, -0.1) is 0 Å². The number of carbonyl (C=O) groups is 1. The molecule has 0 aromatic heterocycles. The molecule has 0 aliphatic carbocycles. The van der Waals surface area contributed by atoms with Crippen LogP contribution >= 0.6 is 0 Å². The van der Waals surface area contributed by atoms with Crippen molar-refractivity contribution in [2.24, 2.45) is 5.92 Å². The van der Waals surface area contributed by atoms with Gasteiger partial charge in [-0.1, -0.05) is 20.3 Å². The van der Waals surface area contributed by atoms with Crippen molar-refractivity contribution in [3.8, 4) is 0 Å². The van der Waals surface area contributed by atoms with Gasteiger partial charge in [0.05, 0.1) is 0 Å². The Labute approximate surface area is 81.1 Å². The van der Waals surface area contributed by atoms with Crippen molar-refractivity contribution in [3.63, 3.8) is 0 Å². The molecule has 0 radical (unpaired) electrons. The molecule has 1 aliphatic rings. The molecule has 76 valence electrons. The Morgan fingerprint density at radius 1 is 1.62 bits per heavy atom. The molecule has 1 saturated heterocycles. The zero-order valence-electron chi connectivity index (χ0n) is 8.81. The standard InChI is InChI=1S/C11H21NO/c1-3-9(2)7-11(13)8-10-5-4-6-12-10/h9-10,12H,3-8H2,1-2H3. The Balaban J connectivity index is 2.16. The maximum Gasteiger partial charge on any atom is 0.134 e. The molecule has 0 saturated carbocycles. The molecule has 2 unspecified atom stereocenters. The van der Waals surface area contributed by atoms with Crippen molar-refractivity contribution < 1.29 is 4.79 Å². The lowest BCUT2D eigenvalue weighted by atomic mass is 9.98. The summed E-state index contributed by atoms with van der Waals surface area (Å²) in [6.45, 7) is 5.40. The van der Waals surface area contributed by atoms with Crippen molar-refractivity contribution in [1.82, 2.24) is 5.32 Å². The van der Waals surface area contributed by atoms with Crippen LogP contribution in [-0.4, -0.2) is 18.4 Å². The molecule has 2 heteroatoms. The van der Waals surface area contributed by atoms with Crippen molar-refractivity contribution in [3.05, 3.63) is 0 Å². The predicted octanol–water partition coefficient (Wildman–Crippen LogP) is 2.13. The van der Waals surface area contributed by atoms with Crippen LogP contribution in [0.5, 0.6) is 0 Å². The minimum Gasteiger partial charge on any atom is -0.314 e. The zero-order chi connectivity index (χ0) is 9.68. The van der Waals surface area contributed by atoms with E-state index in [1.807, 2.05) is 0 Å². The molecule has 1 fully saturated rings. The van der Waals surface area contributed by atoms with Crippen molar-refractivity contribution in [1.29, 1.82) is 0 Å². The molecule has 1 N–H and O–H groups in total. The molecule has 0 amide bonds. The fraction of sp³-hybridized carbons (Fsp3) is 0.909. The van der Waals surface area contributed by atoms with Gasteiger partial charge in [0.2, 0.25) is 0 Å². The molecule has 0 aromatic rings. The lowest BCUT2D eigenvalue weighted by Gasteiger charge is -2.11. The molecule has 1 rings (SSSR count). The van der Waals surface area contributed by atoms with Crippen LogP contribution in [0, 0.1) is 5.92 Å². The monoisotopic (exact) mass is 183 g/mol. The van der Waals surface area contributed by atoms with Crippen molar-refractivity contribution in [2.75, 3.05) is 6.54 Å². The van der Waals surface area contributed by atoms with E-state index in [1.165, 1.54) is 12.8 Å². The van der Waals surface area contributed by atoms with Crippen LogP contribution in [0.25, 0.3) is 0 Å². The second kappa shape index (κ2) is 5.38. The summed E-state index contributed by atoms with van der Waals surface area (Å²) in [5, 5.41) is 3.36. The third-order valence-electron chi connectivity index (χ3n) is 2.91. The number of ketones is 1. The van der Waals surface area contributed by atoms with E-state index in [0.717, 1.165) is 25.8 Å². The third-order valence-corrected chi connectivity index (χ3v) is 2.91. The molecular formula is C11H21NO. The van der Waals surface area contributed by atoms with Gasteiger partial charge in [0, 0.05) is 18.9 Å². The van der Waals surface area contributed by atoms with Gasteiger partial charge < -0.3 is 5.32 Å². The number of carbonyl (C=O) groups excluding carboxylic acids is 1. The Kier molecular flexibility index (Phi) is 4.43. The second-order valence-electron chi connectivity index (χ2n) is 4.25. The summed E-state index contributed by atoms with van der Waals surface area (Å²) < 4.78 is 0. The van der Waals surface area contributed by atoms with Crippen LogP contribution in [0.4, 0.5) is 0 Å². The fourth-order valence-corrected chi connectivity index (χ4v) is 1.82. The summed E-state index contributed by atoms with van der Waals surface area (Å²) in [6.07, 6.45) is 5.07. The number of hydrogen-bond donors (Lipinski definition) is 1. The first-order valence-electron chi connectivity index (χ1n) is 5.47. The van der Waals surface area contributed by atoms with Gasteiger partial charge in [-0.25, -0.2) is 0 Å². The maximum atomic E-state index is 11.5. The van der Waals surface area contributed by atoms with Crippen molar-refractivity contribution >= 4 is 5.78 Å². The highest BCUT2D eigenvalue weighted by atomic mass is 16.1. The lowest BCUT2D eigenvalue weighted by molar-refractivity contribution is -0.120. The number of hydrogen-bond acceptors (Lipinski definition) is 2. The Bertz CT molecular complexity index is 161. The highest BCUT2D eigenvalue weighted by Crippen LogP contribution is 2.13. The zero-order valence-corrected chi connectivity index (χ0v) is 8.81. The minimum atomic E-state index is 0.439. The summed E-state index contributed by atoms with van der Waals surface area (Å²) in [5.41, 5.74) is 0. The summed E-state index contributed by atoms with van der Waals surface area (Å²) in [7, 11) is 0. The second-order valence-corrected chi connectivity index (χ2v) is 4.25. The van der Waals surface area contributed by atoms with E-state index >= 15 is 0 Å². The Hall–Kier alpha value is -0.370. The first-order valence-corrected chi connectivity index (χ1v) is 5.47. The highest BCUT2D eigenvalue weighted by molar-refractivity contribution is 5.79. The first-order chi connectivity index (χ1) is 6.22. The molecule has 0 bridgehead atoms. The van der Waals surface area contributed by atoms with Gasteiger partial charge in [0.15, 0.2) is 0 Å². The van der Waals surface area contributed by atoms with E-state index in [0.29, 0.717) is 17.7 Å². The van der Waals surface area contributed by atoms with E-state index in [2.05, 4.69) is 19.2 Å². The van der Waals surface area contributed by atoms with Crippen LogP contribution in [0.2, 0.25) is 0 Å². The lowest BCUT2D eigenvalue weighted by Crippen LogP contribution is -2.25. The highest BCUT2D eigenvalue weighted by Gasteiger charge is 2.18. The molecule has 1 aliphatic heterocycles. The third kappa shape index (κ3) is 3.90. The smallest absolute Gasteiger partial charge is 0.134 e. The minimum absolute atomic E-state index is 0.439.